The third-order valence-electron chi connectivity index (χ3n) is 4.57. The number of rotatable bonds is 6. The summed E-state index contributed by atoms with van der Waals surface area (Å²) in [5, 5.41) is 3.34. The maximum absolute atomic E-state index is 14.2. The number of hydrogen-bond donors (Lipinski definition) is 1. The van der Waals surface area contributed by atoms with Crippen molar-refractivity contribution in [2.75, 3.05) is 6.54 Å². The summed E-state index contributed by atoms with van der Waals surface area (Å²) in [4.78, 5) is 0. The minimum absolute atomic E-state index is 0.103. The molecule has 1 aliphatic carbocycles. The molecule has 0 aliphatic heterocycles. The van der Waals surface area contributed by atoms with E-state index in [0.29, 0.717) is 5.75 Å². The smallest absolute Gasteiger partial charge is 0.165 e. The number of nitrogens with one attached hydrogen (secondary N) is 1. The molecule has 0 bridgehead atoms. The van der Waals surface area contributed by atoms with Crippen molar-refractivity contribution < 1.29 is 9.13 Å². The van der Waals surface area contributed by atoms with E-state index in [1.54, 1.807) is 6.07 Å². The van der Waals surface area contributed by atoms with Gasteiger partial charge < -0.3 is 10.1 Å². The van der Waals surface area contributed by atoms with E-state index in [9.17, 15) is 4.39 Å². The fourth-order valence-electron chi connectivity index (χ4n) is 3.29. The van der Waals surface area contributed by atoms with Crippen molar-refractivity contribution in [3.05, 3.63) is 29.6 Å². The van der Waals surface area contributed by atoms with E-state index in [-0.39, 0.29) is 18.0 Å². The molecule has 1 saturated carbocycles. The average Bonchev–Trinajstić information content (AvgIpc) is 2.49. The first kappa shape index (κ1) is 16.3. The minimum atomic E-state index is -0.240. The Morgan fingerprint density at radius 3 is 2.86 bits per heavy atom. The maximum Gasteiger partial charge on any atom is 0.165 e. The Balaban J connectivity index is 2.14. The first-order valence-electron chi connectivity index (χ1n) is 8.34. The van der Waals surface area contributed by atoms with E-state index in [1.165, 1.54) is 25.3 Å². The molecule has 3 unspecified atom stereocenters. The molecule has 1 N–H and O–H groups in total. The molecule has 3 heteroatoms. The Kier molecular flexibility index (Phi) is 6.04. The number of halogens is 1. The number of para-hydroxylation sites is 1. The molecule has 1 aromatic rings. The number of benzene rings is 1. The van der Waals surface area contributed by atoms with Crippen LogP contribution in [0.25, 0.3) is 0 Å². The molecule has 3 atom stereocenters. The van der Waals surface area contributed by atoms with Crippen LogP contribution in [0.15, 0.2) is 18.2 Å². The van der Waals surface area contributed by atoms with Gasteiger partial charge in [-0.15, -0.1) is 0 Å². The summed E-state index contributed by atoms with van der Waals surface area (Å²) in [5.41, 5.74) is 0.926. The molecule has 1 aliphatic rings. The summed E-state index contributed by atoms with van der Waals surface area (Å²) < 4.78 is 20.3. The first-order chi connectivity index (χ1) is 10.2. The summed E-state index contributed by atoms with van der Waals surface area (Å²) in [5.74, 6) is 0.939. The van der Waals surface area contributed by atoms with Gasteiger partial charge in [-0.25, -0.2) is 4.39 Å². The van der Waals surface area contributed by atoms with E-state index in [1.807, 2.05) is 6.07 Å². The van der Waals surface area contributed by atoms with E-state index in [4.69, 9.17) is 4.74 Å². The molecule has 0 amide bonds. The molecule has 0 saturated heterocycles. The van der Waals surface area contributed by atoms with Crippen LogP contribution in [-0.2, 0) is 0 Å². The standard InChI is InChI=1S/C18H28FNO/c1-4-14-8-6-9-15(12-14)21-18-16(13(3)20-5-2)10-7-11-17(18)19/h7,10-11,13-15,20H,4-6,8-9,12H2,1-3H3. The Morgan fingerprint density at radius 2 is 2.14 bits per heavy atom. The van der Waals surface area contributed by atoms with E-state index in [2.05, 4.69) is 26.1 Å². The SMILES string of the molecule is CCNC(C)c1cccc(F)c1OC1CCCC(CC)C1. The lowest BCUT2D eigenvalue weighted by molar-refractivity contribution is 0.115. The third-order valence-corrected chi connectivity index (χ3v) is 4.57. The Bertz CT molecular complexity index is 449. The van der Waals surface area contributed by atoms with Crippen LogP contribution < -0.4 is 10.1 Å². The van der Waals surface area contributed by atoms with Crippen LogP contribution in [0.1, 0.15) is 64.5 Å². The second-order valence-electron chi connectivity index (χ2n) is 6.12. The second kappa shape index (κ2) is 7.79. The lowest BCUT2D eigenvalue weighted by Crippen LogP contribution is -2.27. The lowest BCUT2D eigenvalue weighted by atomic mass is 9.85. The van der Waals surface area contributed by atoms with E-state index < -0.39 is 0 Å². The van der Waals surface area contributed by atoms with Gasteiger partial charge >= 0.3 is 0 Å². The normalized spacial score (nSPS) is 23.8. The summed E-state index contributed by atoms with van der Waals surface area (Å²) in [6, 6.07) is 5.33. The monoisotopic (exact) mass is 293 g/mol. The highest BCUT2D eigenvalue weighted by Gasteiger charge is 2.25. The zero-order valence-electron chi connectivity index (χ0n) is 13.5. The Hall–Kier alpha value is -1.09. The van der Waals surface area contributed by atoms with Crippen LogP contribution in [0.2, 0.25) is 0 Å². The quantitative estimate of drug-likeness (QED) is 0.810. The molecule has 0 heterocycles. The Labute approximate surface area is 128 Å². The number of ether oxygens (including phenoxy) is 1. The average molecular weight is 293 g/mol. The van der Waals surface area contributed by atoms with Crippen molar-refractivity contribution in [3.63, 3.8) is 0 Å². The van der Waals surface area contributed by atoms with Gasteiger partial charge in [-0.2, -0.15) is 0 Å². The van der Waals surface area contributed by atoms with Gasteiger partial charge in [0.1, 0.15) is 0 Å². The van der Waals surface area contributed by atoms with E-state index in [0.717, 1.165) is 30.9 Å². The Morgan fingerprint density at radius 1 is 1.33 bits per heavy atom. The molecule has 1 aromatic carbocycles. The summed E-state index contributed by atoms with van der Waals surface area (Å²) >= 11 is 0. The molecule has 0 spiro atoms. The molecular weight excluding hydrogens is 265 g/mol. The summed E-state index contributed by atoms with van der Waals surface area (Å²) in [6.07, 6.45) is 5.93. The van der Waals surface area contributed by atoms with Crippen LogP contribution >= 0.6 is 0 Å². The van der Waals surface area contributed by atoms with Gasteiger partial charge in [-0.05, 0) is 44.7 Å². The topological polar surface area (TPSA) is 21.3 Å². The highest BCUT2D eigenvalue weighted by molar-refractivity contribution is 5.37. The fraction of sp³-hybridized carbons (Fsp3) is 0.667. The van der Waals surface area contributed by atoms with Crippen molar-refractivity contribution in [2.24, 2.45) is 5.92 Å². The second-order valence-corrected chi connectivity index (χ2v) is 6.12. The molecular formula is C18H28FNO. The highest BCUT2D eigenvalue weighted by atomic mass is 19.1. The van der Waals surface area contributed by atoms with Crippen molar-refractivity contribution in [2.45, 2.75) is 65.0 Å². The van der Waals surface area contributed by atoms with Gasteiger partial charge in [0, 0.05) is 11.6 Å². The largest absolute Gasteiger partial charge is 0.487 e. The van der Waals surface area contributed by atoms with Crippen LogP contribution in [-0.4, -0.2) is 12.6 Å². The zero-order valence-corrected chi connectivity index (χ0v) is 13.5. The van der Waals surface area contributed by atoms with E-state index >= 15 is 0 Å². The lowest BCUT2D eigenvalue weighted by Gasteiger charge is -2.30. The molecule has 21 heavy (non-hydrogen) atoms. The van der Waals surface area contributed by atoms with Gasteiger partial charge in [-0.3, -0.25) is 0 Å². The van der Waals surface area contributed by atoms with Gasteiger partial charge in [0.25, 0.3) is 0 Å². The molecule has 0 radical (unpaired) electrons. The summed E-state index contributed by atoms with van der Waals surface area (Å²) in [6.45, 7) is 7.21. The van der Waals surface area contributed by atoms with Crippen molar-refractivity contribution in [1.82, 2.24) is 5.32 Å². The zero-order chi connectivity index (χ0) is 15.2. The molecule has 2 rings (SSSR count). The van der Waals surface area contributed by atoms with Crippen molar-refractivity contribution in [1.29, 1.82) is 0 Å². The van der Waals surface area contributed by atoms with Crippen LogP contribution in [0, 0.1) is 11.7 Å². The molecule has 118 valence electrons. The highest BCUT2D eigenvalue weighted by Crippen LogP contribution is 2.34. The van der Waals surface area contributed by atoms with Gasteiger partial charge in [0.15, 0.2) is 11.6 Å². The van der Waals surface area contributed by atoms with Gasteiger partial charge in [-0.1, -0.05) is 38.8 Å². The maximum atomic E-state index is 14.2. The summed E-state index contributed by atoms with van der Waals surface area (Å²) in [7, 11) is 0. The van der Waals surface area contributed by atoms with Crippen molar-refractivity contribution >= 4 is 0 Å². The predicted molar refractivity (Wildman–Crippen MR) is 85.2 cm³/mol. The molecule has 1 fully saturated rings. The fourth-order valence-corrected chi connectivity index (χ4v) is 3.29. The van der Waals surface area contributed by atoms with Gasteiger partial charge in [0.2, 0.25) is 0 Å². The first-order valence-corrected chi connectivity index (χ1v) is 8.34. The molecule has 2 nitrogen and oxygen atoms in total. The molecule has 0 aromatic heterocycles. The minimum Gasteiger partial charge on any atom is -0.487 e. The van der Waals surface area contributed by atoms with Crippen LogP contribution in [0.3, 0.4) is 0 Å². The van der Waals surface area contributed by atoms with Gasteiger partial charge in [0.05, 0.1) is 6.10 Å². The van der Waals surface area contributed by atoms with Crippen LogP contribution in [0.5, 0.6) is 5.75 Å². The third kappa shape index (κ3) is 4.19. The van der Waals surface area contributed by atoms with Crippen LogP contribution in [0.4, 0.5) is 4.39 Å². The van der Waals surface area contributed by atoms with Crippen molar-refractivity contribution in [3.8, 4) is 5.75 Å². The predicted octanol–water partition coefficient (Wildman–Crippen LogP) is 4.84. The number of hydrogen-bond acceptors (Lipinski definition) is 2.